The number of benzene rings is 1. The van der Waals surface area contributed by atoms with E-state index in [4.69, 9.17) is 15.2 Å². The Labute approximate surface area is 219 Å². The Morgan fingerprint density at radius 3 is 2.61 bits per heavy atom. The first kappa shape index (κ1) is 27.9. The van der Waals surface area contributed by atoms with Gasteiger partial charge in [-0.25, -0.2) is 19.0 Å². The summed E-state index contributed by atoms with van der Waals surface area (Å²) >= 11 is 0. The summed E-state index contributed by atoms with van der Waals surface area (Å²) in [5, 5.41) is 23.5. The molecule has 0 bridgehead atoms. The second kappa shape index (κ2) is 10.8. The molecule has 3 N–H and O–H groups in total. The van der Waals surface area contributed by atoms with Gasteiger partial charge in [0.25, 0.3) is 0 Å². The lowest BCUT2D eigenvalue weighted by molar-refractivity contribution is 0.0281. The number of nitrogens with zero attached hydrogens (tertiary/aromatic N) is 5. The summed E-state index contributed by atoms with van der Waals surface area (Å²) in [5.41, 5.74) is 6.79. The first-order chi connectivity index (χ1) is 17.7. The van der Waals surface area contributed by atoms with E-state index in [1.807, 2.05) is 6.07 Å². The molecule has 12 heteroatoms. The fourth-order valence-electron chi connectivity index (χ4n) is 3.76. The second-order valence-corrected chi connectivity index (χ2v) is 9.65. The first-order valence-corrected chi connectivity index (χ1v) is 11.6. The molecule has 3 rings (SSSR count). The normalized spacial score (nSPS) is 11.9. The number of carbonyl (C=O) groups excluding carboxylic acids is 1. The number of hydrogen-bond acceptors (Lipinski definition) is 8. The van der Waals surface area contributed by atoms with Crippen molar-refractivity contribution >= 4 is 17.9 Å². The monoisotopic (exact) mass is 524 g/mol. The van der Waals surface area contributed by atoms with Crippen LogP contribution in [0.15, 0.2) is 30.5 Å². The van der Waals surface area contributed by atoms with E-state index in [9.17, 15) is 24.3 Å². The summed E-state index contributed by atoms with van der Waals surface area (Å²) in [7, 11) is 3.21. The fourth-order valence-corrected chi connectivity index (χ4v) is 3.76. The highest BCUT2D eigenvalue weighted by Crippen LogP contribution is 2.35. The molecular weight excluding hydrogens is 495 g/mol. The zero-order valence-electron chi connectivity index (χ0n) is 21.9. The number of carboxylic acids is 1. The molecule has 3 aromatic rings. The maximum atomic E-state index is 13.9. The van der Waals surface area contributed by atoms with Gasteiger partial charge in [-0.1, -0.05) is 0 Å². The molecule has 0 saturated heterocycles. The van der Waals surface area contributed by atoms with Crippen molar-refractivity contribution in [2.24, 2.45) is 7.05 Å². The van der Waals surface area contributed by atoms with Gasteiger partial charge in [-0.2, -0.15) is 10.4 Å². The van der Waals surface area contributed by atoms with Gasteiger partial charge in [-0.15, -0.1) is 0 Å². The van der Waals surface area contributed by atoms with Gasteiger partial charge in [0, 0.05) is 37.0 Å². The van der Waals surface area contributed by atoms with Crippen molar-refractivity contribution in [2.45, 2.75) is 45.9 Å². The lowest BCUT2D eigenvalue weighted by Gasteiger charge is -2.25. The van der Waals surface area contributed by atoms with E-state index >= 15 is 0 Å². The van der Waals surface area contributed by atoms with Crippen LogP contribution in [-0.4, -0.2) is 49.5 Å². The number of carbonyl (C=O) groups is 2. The van der Waals surface area contributed by atoms with Crippen LogP contribution in [0.4, 0.5) is 15.0 Å². The quantitative estimate of drug-likeness (QED) is 0.460. The third kappa shape index (κ3) is 6.18. The Kier molecular flexibility index (Phi) is 7.90. The third-order valence-corrected chi connectivity index (χ3v) is 5.52. The molecule has 1 atom stereocenters. The fraction of sp³-hybridized carbons (Fsp3) is 0.346. The van der Waals surface area contributed by atoms with Crippen LogP contribution in [0.2, 0.25) is 0 Å². The van der Waals surface area contributed by atoms with Gasteiger partial charge >= 0.3 is 12.1 Å². The third-order valence-electron chi connectivity index (χ3n) is 5.52. The molecule has 0 aliphatic rings. The lowest BCUT2D eigenvalue weighted by Crippen LogP contribution is -2.34. The summed E-state index contributed by atoms with van der Waals surface area (Å²) in [6, 6.07) is 6.88. The van der Waals surface area contributed by atoms with Crippen LogP contribution in [0.1, 0.15) is 61.1 Å². The van der Waals surface area contributed by atoms with Gasteiger partial charge in [0.15, 0.2) is 17.3 Å². The van der Waals surface area contributed by atoms with Crippen molar-refractivity contribution in [3.63, 3.8) is 0 Å². The maximum absolute atomic E-state index is 13.9. The van der Waals surface area contributed by atoms with Gasteiger partial charge in [0.05, 0.1) is 17.8 Å². The van der Waals surface area contributed by atoms with Gasteiger partial charge in [-0.3, -0.25) is 4.68 Å². The van der Waals surface area contributed by atoms with E-state index in [1.165, 1.54) is 21.8 Å². The first-order valence-electron chi connectivity index (χ1n) is 11.6. The lowest BCUT2D eigenvalue weighted by atomic mass is 10.0. The number of anilines is 1. The Bertz CT molecular complexity index is 1420. The number of nitriles is 1. The van der Waals surface area contributed by atoms with Crippen LogP contribution >= 0.6 is 0 Å². The number of aromatic nitrogens is 3. The number of nitrogens with two attached hydrogens (primary N) is 1. The zero-order valence-corrected chi connectivity index (χ0v) is 21.9. The topological polar surface area (TPSA) is 157 Å². The molecule has 1 aromatic carbocycles. The second-order valence-electron chi connectivity index (χ2n) is 9.65. The van der Waals surface area contributed by atoms with E-state index in [1.54, 1.807) is 41.8 Å². The molecule has 0 fully saturated rings. The van der Waals surface area contributed by atoms with Crippen molar-refractivity contribution < 1.29 is 28.6 Å². The molecule has 11 nitrogen and oxygen atoms in total. The number of amides is 1. The minimum atomic E-state index is -1.23. The Morgan fingerprint density at radius 2 is 2.00 bits per heavy atom. The molecule has 200 valence electrons. The highest BCUT2D eigenvalue weighted by Gasteiger charge is 2.25. The van der Waals surface area contributed by atoms with Gasteiger partial charge in [0.2, 0.25) is 0 Å². The summed E-state index contributed by atoms with van der Waals surface area (Å²) < 4.78 is 26.7. The van der Waals surface area contributed by atoms with E-state index in [-0.39, 0.29) is 34.9 Å². The number of carboxylic acid groups (broad SMARTS) is 1. The predicted octanol–water partition coefficient (Wildman–Crippen LogP) is 4.28. The van der Waals surface area contributed by atoms with Crippen molar-refractivity contribution in [1.82, 2.24) is 19.7 Å². The summed E-state index contributed by atoms with van der Waals surface area (Å²) in [5.74, 6) is -1.75. The van der Waals surface area contributed by atoms with Crippen LogP contribution in [0.3, 0.4) is 0 Å². The van der Waals surface area contributed by atoms with Crippen LogP contribution in [-0.2, 0) is 18.3 Å². The largest absolute Gasteiger partial charge is 0.482 e. The molecule has 2 heterocycles. The molecule has 0 aliphatic carbocycles. The number of nitrogen functional groups attached to an aromatic ring is 1. The molecule has 0 radical (unpaired) electrons. The van der Waals surface area contributed by atoms with Gasteiger partial charge in [0.1, 0.15) is 23.6 Å². The van der Waals surface area contributed by atoms with Crippen molar-refractivity contribution in [2.75, 3.05) is 12.8 Å². The minimum Gasteiger partial charge on any atom is -0.482 e. The Morgan fingerprint density at radius 1 is 1.32 bits per heavy atom. The highest BCUT2D eigenvalue weighted by molar-refractivity contribution is 5.89. The number of aromatic carboxylic acids is 1. The number of halogens is 1. The van der Waals surface area contributed by atoms with E-state index in [0.717, 1.165) is 18.2 Å². The SMILES string of the molecule is C[C@@H](Oc1cc(-c2c(C#N)nn(C)c2CN(C)C(=O)OC(C)(C)C)cnc1N)c1cc(F)ccc1C(=O)O. The van der Waals surface area contributed by atoms with E-state index < -0.39 is 29.6 Å². The molecule has 38 heavy (non-hydrogen) atoms. The van der Waals surface area contributed by atoms with Crippen LogP contribution in [0.5, 0.6) is 5.75 Å². The summed E-state index contributed by atoms with van der Waals surface area (Å²) in [6.07, 6.45) is -0.0222. The number of ether oxygens (including phenoxy) is 2. The number of aryl methyl sites for hydroxylation is 1. The molecule has 0 unspecified atom stereocenters. The van der Waals surface area contributed by atoms with Crippen LogP contribution in [0.25, 0.3) is 11.1 Å². The van der Waals surface area contributed by atoms with Crippen LogP contribution < -0.4 is 10.5 Å². The van der Waals surface area contributed by atoms with Crippen LogP contribution in [0, 0.1) is 17.1 Å². The molecule has 2 aromatic heterocycles. The van der Waals surface area contributed by atoms with Crippen molar-refractivity contribution in [3.8, 4) is 22.9 Å². The van der Waals surface area contributed by atoms with E-state index in [0.29, 0.717) is 16.8 Å². The average Bonchev–Trinajstić information content (AvgIpc) is 3.14. The maximum Gasteiger partial charge on any atom is 0.410 e. The summed E-state index contributed by atoms with van der Waals surface area (Å²) in [6.45, 7) is 6.90. The molecule has 0 saturated carbocycles. The standard InChI is InChI=1S/C26H29FN6O5/c1-14(18-10-16(27)7-8-17(18)24(34)35)37-21-9-15(12-30-23(21)29)22-19(11-28)31-33(6)20(22)13-32(5)25(36)38-26(2,3)4/h7-10,12,14H,13H2,1-6H3,(H2,29,30)(H,34,35)/t14-/m1/s1. The van der Waals surface area contributed by atoms with Gasteiger partial charge in [-0.05, 0) is 52.0 Å². The molecule has 0 spiro atoms. The minimum absolute atomic E-state index is 0.00343. The molecule has 0 aliphatic heterocycles. The Hall–Kier alpha value is -4.66. The number of pyridine rings is 1. The van der Waals surface area contributed by atoms with Gasteiger partial charge < -0.3 is 25.2 Å². The molecular formula is C26H29FN6O5. The van der Waals surface area contributed by atoms with Crippen molar-refractivity contribution in [3.05, 3.63) is 58.8 Å². The smallest absolute Gasteiger partial charge is 0.410 e. The average molecular weight is 525 g/mol. The van der Waals surface area contributed by atoms with E-state index in [2.05, 4.69) is 10.1 Å². The summed E-state index contributed by atoms with van der Waals surface area (Å²) in [4.78, 5) is 29.7. The predicted molar refractivity (Wildman–Crippen MR) is 136 cm³/mol. The number of hydrogen-bond donors (Lipinski definition) is 2. The highest BCUT2D eigenvalue weighted by atomic mass is 19.1. The van der Waals surface area contributed by atoms with Crippen molar-refractivity contribution in [1.29, 1.82) is 5.26 Å². The number of rotatable bonds is 7. The zero-order chi connectivity index (χ0) is 28.4. The molecule has 1 amide bonds. The Balaban J connectivity index is 2.00.